The molecule has 16 heavy (non-hydrogen) atoms. The molecular formula is C15H31N. The molecule has 0 atom stereocenters. The lowest BCUT2D eigenvalue weighted by Crippen LogP contribution is -2.36. The summed E-state index contributed by atoms with van der Waals surface area (Å²) >= 11 is 0. The van der Waals surface area contributed by atoms with Crippen LogP contribution in [0, 0.1) is 17.8 Å². The first-order valence-corrected chi connectivity index (χ1v) is 7.34. The number of rotatable bonds is 5. The van der Waals surface area contributed by atoms with E-state index in [9.17, 15) is 0 Å². The van der Waals surface area contributed by atoms with Gasteiger partial charge in [-0.05, 0) is 37.1 Å². The van der Waals surface area contributed by atoms with E-state index < -0.39 is 0 Å². The van der Waals surface area contributed by atoms with Gasteiger partial charge in [0.05, 0.1) is 0 Å². The van der Waals surface area contributed by atoms with E-state index >= 15 is 0 Å². The van der Waals surface area contributed by atoms with Crippen LogP contribution in [0.15, 0.2) is 0 Å². The highest BCUT2D eigenvalue weighted by atomic mass is 14.9. The van der Waals surface area contributed by atoms with Crippen molar-refractivity contribution in [3.8, 4) is 0 Å². The van der Waals surface area contributed by atoms with Crippen molar-refractivity contribution in [2.45, 2.75) is 72.3 Å². The Labute approximate surface area is 102 Å². The van der Waals surface area contributed by atoms with Gasteiger partial charge in [0.25, 0.3) is 0 Å². The van der Waals surface area contributed by atoms with E-state index in [-0.39, 0.29) is 0 Å². The van der Waals surface area contributed by atoms with Crippen LogP contribution in [0.25, 0.3) is 0 Å². The Morgan fingerprint density at radius 1 is 0.875 bits per heavy atom. The molecule has 0 aliphatic heterocycles. The van der Waals surface area contributed by atoms with E-state index in [0.29, 0.717) is 0 Å². The molecule has 0 aromatic heterocycles. The molecule has 1 N–H and O–H groups in total. The molecular weight excluding hydrogens is 194 g/mol. The van der Waals surface area contributed by atoms with Gasteiger partial charge in [-0.2, -0.15) is 0 Å². The SMILES string of the molecule is CC(C)C(CNC1CCCCCC1)C(C)C. The molecule has 0 amide bonds. The van der Waals surface area contributed by atoms with E-state index in [0.717, 1.165) is 23.8 Å². The maximum atomic E-state index is 3.82. The predicted molar refractivity (Wildman–Crippen MR) is 72.7 cm³/mol. The smallest absolute Gasteiger partial charge is 0.00671 e. The average Bonchev–Trinajstić information content (AvgIpc) is 2.45. The molecule has 0 heterocycles. The van der Waals surface area contributed by atoms with Crippen LogP contribution in [0.1, 0.15) is 66.2 Å². The molecule has 1 aliphatic rings. The number of nitrogens with one attached hydrogen (secondary N) is 1. The molecule has 0 radical (unpaired) electrons. The maximum absolute atomic E-state index is 3.82. The van der Waals surface area contributed by atoms with Gasteiger partial charge in [-0.25, -0.2) is 0 Å². The first kappa shape index (κ1) is 14.0. The van der Waals surface area contributed by atoms with Crippen LogP contribution in [-0.2, 0) is 0 Å². The zero-order chi connectivity index (χ0) is 12.0. The van der Waals surface area contributed by atoms with Crippen LogP contribution in [0.4, 0.5) is 0 Å². The Morgan fingerprint density at radius 3 is 1.81 bits per heavy atom. The van der Waals surface area contributed by atoms with Crippen LogP contribution >= 0.6 is 0 Å². The second-order valence-electron chi connectivity index (χ2n) is 6.25. The Bertz CT molecular complexity index is 158. The van der Waals surface area contributed by atoms with Crippen molar-refractivity contribution in [1.29, 1.82) is 0 Å². The molecule has 0 aromatic rings. The van der Waals surface area contributed by atoms with Crippen molar-refractivity contribution in [3.63, 3.8) is 0 Å². The summed E-state index contributed by atoms with van der Waals surface area (Å²) in [5, 5.41) is 3.82. The third-order valence-corrected chi connectivity index (χ3v) is 4.21. The van der Waals surface area contributed by atoms with Gasteiger partial charge in [0.1, 0.15) is 0 Å². The predicted octanol–water partition coefficient (Wildman–Crippen LogP) is 4.23. The second-order valence-corrected chi connectivity index (χ2v) is 6.25. The molecule has 1 heteroatoms. The summed E-state index contributed by atoms with van der Waals surface area (Å²) in [4.78, 5) is 0. The summed E-state index contributed by atoms with van der Waals surface area (Å²) in [6.45, 7) is 10.7. The quantitative estimate of drug-likeness (QED) is 0.691. The molecule has 0 aromatic carbocycles. The summed E-state index contributed by atoms with van der Waals surface area (Å²) in [5.74, 6) is 2.44. The van der Waals surface area contributed by atoms with Crippen molar-refractivity contribution in [3.05, 3.63) is 0 Å². The van der Waals surface area contributed by atoms with Gasteiger partial charge in [-0.15, -0.1) is 0 Å². The zero-order valence-corrected chi connectivity index (χ0v) is 11.8. The lowest BCUT2D eigenvalue weighted by Gasteiger charge is -2.27. The van der Waals surface area contributed by atoms with Crippen LogP contribution in [-0.4, -0.2) is 12.6 Å². The van der Waals surface area contributed by atoms with Gasteiger partial charge in [0.15, 0.2) is 0 Å². The summed E-state index contributed by atoms with van der Waals surface area (Å²) in [6.07, 6.45) is 8.59. The van der Waals surface area contributed by atoms with Crippen LogP contribution in [0.2, 0.25) is 0 Å². The van der Waals surface area contributed by atoms with Gasteiger partial charge < -0.3 is 5.32 Å². The molecule has 1 saturated carbocycles. The van der Waals surface area contributed by atoms with Gasteiger partial charge >= 0.3 is 0 Å². The Morgan fingerprint density at radius 2 is 1.38 bits per heavy atom. The Hall–Kier alpha value is -0.0400. The fourth-order valence-electron chi connectivity index (χ4n) is 3.03. The molecule has 1 rings (SSSR count). The van der Waals surface area contributed by atoms with E-state index in [4.69, 9.17) is 0 Å². The lowest BCUT2D eigenvalue weighted by atomic mass is 9.85. The monoisotopic (exact) mass is 225 g/mol. The average molecular weight is 225 g/mol. The summed E-state index contributed by atoms with van der Waals surface area (Å²) in [6, 6.07) is 0.808. The van der Waals surface area contributed by atoms with Gasteiger partial charge in [0, 0.05) is 6.04 Å². The molecule has 0 unspecified atom stereocenters. The minimum Gasteiger partial charge on any atom is -0.314 e. The van der Waals surface area contributed by atoms with E-state index in [1.807, 2.05) is 0 Å². The largest absolute Gasteiger partial charge is 0.314 e. The molecule has 1 aliphatic carbocycles. The van der Waals surface area contributed by atoms with Gasteiger partial charge in [0.2, 0.25) is 0 Å². The minimum atomic E-state index is 0.804. The first-order valence-electron chi connectivity index (χ1n) is 7.34. The summed E-state index contributed by atoms with van der Waals surface area (Å²) in [7, 11) is 0. The zero-order valence-electron chi connectivity index (χ0n) is 11.8. The second kappa shape index (κ2) is 7.32. The fraction of sp³-hybridized carbons (Fsp3) is 1.00. The third-order valence-electron chi connectivity index (χ3n) is 4.21. The lowest BCUT2D eigenvalue weighted by molar-refractivity contribution is 0.260. The number of hydrogen-bond acceptors (Lipinski definition) is 1. The molecule has 0 bridgehead atoms. The van der Waals surface area contributed by atoms with Crippen molar-refractivity contribution >= 4 is 0 Å². The number of hydrogen-bond donors (Lipinski definition) is 1. The summed E-state index contributed by atoms with van der Waals surface area (Å²) < 4.78 is 0. The Kier molecular flexibility index (Phi) is 6.41. The van der Waals surface area contributed by atoms with Crippen molar-refractivity contribution < 1.29 is 0 Å². The third kappa shape index (κ3) is 4.86. The van der Waals surface area contributed by atoms with Gasteiger partial charge in [-0.3, -0.25) is 0 Å². The first-order chi connectivity index (χ1) is 7.61. The minimum absolute atomic E-state index is 0.804. The topological polar surface area (TPSA) is 12.0 Å². The molecule has 1 fully saturated rings. The molecule has 0 saturated heterocycles. The Balaban J connectivity index is 2.30. The standard InChI is InChI=1S/C15H31N/c1-12(2)15(13(3)4)11-16-14-9-7-5-6-8-10-14/h12-16H,5-11H2,1-4H3. The van der Waals surface area contributed by atoms with Crippen LogP contribution < -0.4 is 5.32 Å². The van der Waals surface area contributed by atoms with Crippen LogP contribution in [0.5, 0.6) is 0 Å². The van der Waals surface area contributed by atoms with Crippen LogP contribution in [0.3, 0.4) is 0 Å². The van der Waals surface area contributed by atoms with E-state index in [2.05, 4.69) is 33.0 Å². The molecule has 0 spiro atoms. The van der Waals surface area contributed by atoms with E-state index in [1.165, 1.54) is 45.1 Å². The molecule has 1 nitrogen and oxygen atoms in total. The maximum Gasteiger partial charge on any atom is 0.00671 e. The van der Waals surface area contributed by atoms with E-state index in [1.54, 1.807) is 0 Å². The summed E-state index contributed by atoms with van der Waals surface area (Å²) in [5.41, 5.74) is 0. The highest BCUT2D eigenvalue weighted by Gasteiger charge is 2.19. The van der Waals surface area contributed by atoms with Crippen molar-refractivity contribution in [1.82, 2.24) is 5.32 Å². The van der Waals surface area contributed by atoms with Crippen molar-refractivity contribution in [2.24, 2.45) is 17.8 Å². The highest BCUT2D eigenvalue weighted by Crippen LogP contribution is 2.21. The molecule has 96 valence electrons. The van der Waals surface area contributed by atoms with Crippen molar-refractivity contribution in [2.75, 3.05) is 6.54 Å². The highest BCUT2D eigenvalue weighted by molar-refractivity contribution is 4.75. The fourth-order valence-corrected chi connectivity index (χ4v) is 3.03. The van der Waals surface area contributed by atoms with Gasteiger partial charge in [-0.1, -0.05) is 53.4 Å². The normalized spacial score (nSPS) is 19.7.